The molecule has 1 heterocycles. The minimum Gasteiger partial charge on any atom is -0.473 e. The van der Waals surface area contributed by atoms with Crippen LogP contribution in [0.15, 0.2) is 40.8 Å². The molecule has 0 aliphatic heterocycles. The number of para-hydroxylation sites is 1. The van der Waals surface area contributed by atoms with Crippen LogP contribution in [-0.4, -0.2) is 30.0 Å². The van der Waals surface area contributed by atoms with Gasteiger partial charge in [-0.3, -0.25) is 9.69 Å². The standard InChI is InChI=1S/C25H29I2NO3/c1-5-8-12-22-23(18-11-9-10-13-21(18)31-22)24(29)17-14-19(26)25(20(27)15-17)30-16(4)28(6-2)7-3/h9-11,13-16H,5-8,12H2,1-4H3. The molecule has 4 nitrogen and oxygen atoms in total. The highest BCUT2D eigenvalue weighted by Crippen LogP contribution is 2.34. The molecule has 1 aromatic heterocycles. The molecule has 0 spiro atoms. The lowest BCUT2D eigenvalue weighted by molar-refractivity contribution is 0.0466. The van der Waals surface area contributed by atoms with Crippen molar-refractivity contribution in [3.8, 4) is 5.75 Å². The zero-order chi connectivity index (χ0) is 22.5. The summed E-state index contributed by atoms with van der Waals surface area (Å²) in [5, 5.41) is 0.888. The van der Waals surface area contributed by atoms with E-state index in [0.717, 1.165) is 62.0 Å². The Labute approximate surface area is 212 Å². The van der Waals surface area contributed by atoms with Crippen LogP contribution in [0.25, 0.3) is 11.0 Å². The van der Waals surface area contributed by atoms with Crippen molar-refractivity contribution in [3.05, 3.63) is 60.4 Å². The lowest BCUT2D eigenvalue weighted by Crippen LogP contribution is -2.37. The molecule has 6 heteroatoms. The Balaban J connectivity index is 1.98. The van der Waals surface area contributed by atoms with Gasteiger partial charge in [0.1, 0.15) is 23.3 Å². The lowest BCUT2D eigenvalue weighted by atomic mass is 9.98. The van der Waals surface area contributed by atoms with Gasteiger partial charge in [-0.2, -0.15) is 0 Å². The molecule has 0 bridgehead atoms. The number of carbonyl (C=O) groups is 1. The maximum absolute atomic E-state index is 13.6. The van der Waals surface area contributed by atoms with Crippen LogP contribution in [0.5, 0.6) is 5.75 Å². The first-order chi connectivity index (χ1) is 14.9. The van der Waals surface area contributed by atoms with Crippen LogP contribution in [0, 0.1) is 7.14 Å². The highest BCUT2D eigenvalue weighted by Gasteiger charge is 2.24. The third kappa shape index (κ3) is 5.45. The Morgan fingerprint density at radius 3 is 2.35 bits per heavy atom. The van der Waals surface area contributed by atoms with Gasteiger partial charge in [0.05, 0.1) is 12.7 Å². The van der Waals surface area contributed by atoms with Crippen LogP contribution in [0.1, 0.15) is 62.2 Å². The molecule has 1 atom stereocenters. The third-order valence-electron chi connectivity index (χ3n) is 5.53. The first-order valence-electron chi connectivity index (χ1n) is 10.9. The Kier molecular flexibility index (Phi) is 8.81. The van der Waals surface area contributed by atoms with Crippen LogP contribution in [0.2, 0.25) is 0 Å². The maximum Gasteiger partial charge on any atom is 0.197 e. The number of ketones is 1. The van der Waals surface area contributed by atoms with Gasteiger partial charge in [0, 0.05) is 17.4 Å². The Morgan fingerprint density at radius 1 is 1.10 bits per heavy atom. The highest BCUT2D eigenvalue weighted by molar-refractivity contribution is 14.1. The molecule has 0 saturated heterocycles. The minimum atomic E-state index is -0.0305. The van der Waals surface area contributed by atoms with Crippen molar-refractivity contribution >= 4 is 61.9 Å². The van der Waals surface area contributed by atoms with Gasteiger partial charge in [-0.15, -0.1) is 0 Å². The fourth-order valence-electron chi connectivity index (χ4n) is 3.79. The number of furan rings is 1. The summed E-state index contributed by atoms with van der Waals surface area (Å²) in [4.78, 5) is 15.9. The van der Waals surface area contributed by atoms with E-state index in [9.17, 15) is 4.79 Å². The van der Waals surface area contributed by atoms with Crippen molar-refractivity contribution in [3.63, 3.8) is 0 Å². The third-order valence-corrected chi connectivity index (χ3v) is 7.13. The second kappa shape index (κ2) is 11.1. The van der Waals surface area contributed by atoms with Crippen LogP contribution in [-0.2, 0) is 6.42 Å². The van der Waals surface area contributed by atoms with Gasteiger partial charge < -0.3 is 9.15 Å². The van der Waals surface area contributed by atoms with Crippen molar-refractivity contribution in [1.29, 1.82) is 0 Å². The molecule has 0 radical (unpaired) electrons. The Hall–Kier alpha value is -1.13. The van der Waals surface area contributed by atoms with Gasteiger partial charge in [-0.1, -0.05) is 45.4 Å². The van der Waals surface area contributed by atoms with E-state index < -0.39 is 0 Å². The van der Waals surface area contributed by atoms with Gasteiger partial charge >= 0.3 is 0 Å². The molecule has 0 fully saturated rings. The molecule has 0 N–H and O–H groups in total. The van der Waals surface area contributed by atoms with Crippen LogP contribution in [0.4, 0.5) is 0 Å². The summed E-state index contributed by atoms with van der Waals surface area (Å²) in [6.45, 7) is 10.3. The Morgan fingerprint density at radius 2 is 1.74 bits per heavy atom. The summed E-state index contributed by atoms with van der Waals surface area (Å²) in [5.74, 6) is 1.63. The molecule has 0 aliphatic rings. The molecule has 3 aromatic rings. The number of nitrogens with zero attached hydrogens (tertiary/aromatic N) is 1. The van der Waals surface area contributed by atoms with Crippen molar-refractivity contribution < 1.29 is 13.9 Å². The number of aryl methyl sites for hydroxylation is 1. The SMILES string of the molecule is CCCCc1oc2ccccc2c1C(=O)c1cc(I)c(OC(C)N(CC)CC)c(I)c1. The van der Waals surface area contributed by atoms with E-state index in [0.29, 0.717) is 11.1 Å². The number of hydrogen-bond donors (Lipinski definition) is 0. The molecule has 0 amide bonds. The van der Waals surface area contributed by atoms with Gasteiger partial charge in [-0.25, -0.2) is 0 Å². The summed E-state index contributed by atoms with van der Waals surface area (Å²) in [7, 11) is 0. The summed E-state index contributed by atoms with van der Waals surface area (Å²) >= 11 is 4.54. The number of fused-ring (bicyclic) bond motifs is 1. The topological polar surface area (TPSA) is 42.7 Å². The summed E-state index contributed by atoms with van der Waals surface area (Å²) in [5.41, 5.74) is 2.14. The summed E-state index contributed by atoms with van der Waals surface area (Å²) in [6.07, 6.45) is 2.78. The average molecular weight is 645 g/mol. The lowest BCUT2D eigenvalue weighted by Gasteiger charge is -2.27. The molecule has 2 aromatic carbocycles. The van der Waals surface area contributed by atoms with Crippen molar-refractivity contribution in [2.75, 3.05) is 13.1 Å². The minimum absolute atomic E-state index is 0.00947. The predicted octanol–water partition coefficient (Wildman–Crippen LogP) is 7.28. The van der Waals surface area contributed by atoms with E-state index in [1.807, 2.05) is 36.4 Å². The van der Waals surface area contributed by atoms with E-state index in [1.165, 1.54) is 0 Å². The van der Waals surface area contributed by atoms with Crippen molar-refractivity contribution in [2.24, 2.45) is 0 Å². The first kappa shape index (κ1) is 24.5. The fourth-order valence-corrected chi connectivity index (χ4v) is 5.81. The first-order valence-corrected chi connectivity index (χ1v) is 13.0. The fraction of sp³-hybridized carbons (Fsp3) is 0.400. The zero-order valence-corrected chi connectivity index (χ0v) is 22.8. The number of ether oxygens (including phenoxy) is 1. The van der Waals surface area contributed by atoms with Gasteiger partial charge in [0.25, 0.3) is 0 Å². The van der Waals surface area contributed by atoms with Gasteiger partial charge in [-0.05, 0) is 89.8 Å². The molecular formula is C25H29I2NO3. The maximum atomic E-state index is 13.6. The van der Waals surface area contributed by atoms with Crippen molar-refractivity contribution in [1.82, 2.24) is 4.90 Å². The average Bonchev–Trinajstić information content (AvgIpc) is 3.13. The molecule has 0 aliphatic carbocycles. The molecule has 3 rings (SSSR count). The molecule has 166 valence electrons. The van der Waals surface area contributed by atoms with Gasteiger partial charge in [0.15, 0.2) is 5.78 Å². The van der Waals surface area contributed by atoms with E-state index in [1.54, 1.807) is 0 Å². The molecule has 31 heavy (non-hydrogen) atoms. The quantitative estimate of drug-likeness (QED) is 0.132. The number of rotatable bonds is 10. The largest absolute Gasteiger partial charge is 0.473 e. The smallest absolute Gasteiger partial charge is 0.197 e. The monoisotopic (exact) mass is 645 g/mol. The second-order valence-corrected chi connectivity index (χ2v) is 9.86. The number of carbonyl (C=O) groups excluding carboxylic acids is 1. The van der Waals surface area contributed by atoms with E-state index in [-0.39, 0.29) is 12.0 Å². The summed E-state index contributed by atoms with van der Waals surface area (Å²) in [6, 6.07) is 11.7. The number of benzene rings is 2. The molecular weight excluding hydrogens is 616 g/mol. The second-order valence-electron chi connectivity index (χ2n) is 7.54. The van der Waals surface area contributed by atoms with Crippen LogP contribution in [0.3, 0.4) is 0 Å². The van der Waals surface area contributed by atoms with Crippen molar-refractivity contribution in [2.45, 2.75) is 53.2 Å². The number of unbranched alkanes of at least 4 members (excludes halogenated alkanes) is 1. The Bertz CT molecular complexity index is 1030. The number of halogens is 2. The van der Waals surface area contributed by atoms with E-state index in [2.05, 4.69) is 77.8 Å². The van der Waals surface area contributed by atoms with Crippen LogP contribution < -0.4 is 4.74 Å². The highest BCUT2D eigenvalue weighted by atomic mass is 127. The number of hydrogen-bond acceptors (Lipinski definition) is 4. The normalized spacial score (nSPS) is 12.5. The zero-order valence-electron chi connectivity index (χ0n) is 18.5. The van der Waals surface area contributed by atoms with Gasteiger partial charge in [0.2, 0.25) is 0 Å². The van der Waals surface area contributed by atoms with E-state index in [4.69, 9.17) is 9.15 Å². The predicted molar refractivity (Wildman–Crippen MR) is 143 cm³/mol. The van der Waals surface area contributed by atoms with Crippen LogP contribution >= 0.6 is 45.2 Å². The summed E-state index contributed by atoms with van der Waals surface area (Å²) < 4.78 is 14.2. The van der Waals surface area contributed by atoms with E-state index >= 15 is 0 Å². The molecule has 1 unspecified atom stereocenters. The molecule has 0 saturated carbocycles.